The van der Waals surface area contributed by atoms with Crippen LogP contribution in [0.4, 0.5) is 5.69 Å². The van der Waals surface area contributed by atoms with E-state index >= 15 is 0 Å². The second-order valence-corrected chi connectivity index (χ2v) is 5.69. The number of ether oxygens (including phenoxy) is 1. The van der Waals surface area contributed by atoms with Gasteiger partial charge in [-0.25, -0.2) is 0 Å². The zero-order chi connectivity index (χ0) is 14.1. The lowest BCUT2D eigenvalue weighted by molar-refractivity contribution is 0.0787. The maximum absolute atomic E-state index is 11.4. The van der Waals surface area contributed by atoms with Crippen LogP contribution in [0.1, 0.15) is 23.8 Å². The minimum Gasteiger partial charge on any atom is -0.377 e. The predicted molar refractivity (Wildman–Crippen MR) is 80.4 cm³/mol. The number of benzene rings is 1. The standard InChI is InChI=1S/C14H17N3O2S/c1-2-19-10-5-6-17(8-10)9-3-4-12-11(7-9)13(14(15)18)16-20-12/h3-4,7,10H,2,5-6,8H2,1H3,(H2,15,18). The molecule has 2 aromatic rings. The summed E-state index contributed by atoms with van der Waals surface area (Å²) in [6, 6.07) is 6.08. The van der Waals surface area contributed by atoms with E-state index in [0.717, 1.165) is 41.9 Å². The molecule has 1 saturated heterocycles. The molecule has 0 bridgehead atoms. The third kappa shape index (κ3) is 2.36. The van der Waals surface area contributed by atoms with E-state index in [2.05, 4.69) is 15.3 Å². The van der Waals surface area contributed by atoms with Gasteiger partial charge in [0.15, 0.2) is 0 Å². The van der Waals surface area contributed by atoms with Gasteiger partial charge in [-0.3, -0.25) is 4.79 Å². The Hall–Kier alpha value is -1.66. The van der Waals surface area contributed by atoms with Crippen LogP contribution in [0.3, 0.4) is 0 Å². The zero-order valence-electron chi connectivity index (χ0n) is 11.3. The molecule has 0 radical (unpaired) electrons. The van der Waals surface area contributed by atoms with Gasteiger partial charge in [-0.05, 0) is 43.1 Å². The van der Waals surface area contributed by atoms with Gasteiger partial charge >= 0.3 is 0 Å². The second-order valence-electron chi connectivity index (χ2n) is 4.89. The number of nitrogens with zero attached hydrogens (tertiary/aromatic N) is 2. The van der Waals surface area contributed by atoms with Crippen molar-refractivity contribution in [1.82, 2.24) is 4.37 Å². The fraction of sp³-hybridized carbons (Fsp3) is 0.429. The fourth-order valence-corrected chi connectivity index (χ4v) is 3.40. The Kier molecular flexibility index (Phi) is 3.58. The number of nitrogens with two attached hydrogens (primary N) is 1. The highest BCUT2D eigenvalue weighted by molar-refractivity contribution is 7.13. The maximum Gasteiger partial charge on any atom is 0.269 e. The van der Waals surface area contributed by atoms with Crippen molar-refractivity contribution in [1.29, 1.82) is 0 Å². The van der Waals surface area contributed by atoms with Crippen LogP contribution in [0.15, 0.2) is 18.2 Å². The van der Waals surface area contributed by atoms with Gasteiger partial charge in [0.05, 0.1) is 10.8 Å². The van der Waals surface area contributed by atoms with Crippen LogP contribution >= 0.6 is 11.5 Å². The average Bonchev–Trinajstić information content (AvgIpc) is 3.04. The number of anilines is 1. The normalized spacial score (nSPS) is 18.9. The molecule has 0 aliphatic carbocycles. The van der Waals surface area contributed by atoms with E-state index in [0.29, 0.717) is 11.8 Å². The minimum atomic E-state index is -0.470. The zero-order valence-corrected chi connectivity index (χ0v) is 12.2. The van der Waals surface area contributed by atoms with Crippen molar-refractivity contribution in [3.8, 4) is 0 Å². The molecule has 1 fully saturated rings. The predicted octanol–water partition coefficient (Wildman–Crippen LogP) is 2.01. The summed E-state index contributed by atoms with van der Waals surface area (Å²) in [7, 11) is 0. The molecule has 0 spiro atoms. The maximum atomic E-state index is 11.4. The largest absolute Gasteiger partial charge is 0.377 e. The van der Waals surface area contributed by atoms with E-state index < -0.39 is 5.91 Å². The first kappa shape index (κ1) is 13.3. The van der Waals surface area contributed by atoms with Crippen LogP contribution < -0.4 is 10.6 Å². The monoisotopic (exact) mass is 291 g/mol. The number of hydrogen-bond donors (Lipinski definition) is 1. The summed E-state index contributed by atoms with van der Waals surface area (Å²) in [6.45, 7) is 4.63. The first-order chi connectivity index (χ1) is 9.69. The summed E-state index contributed by atoms with van der Waals surface area (Å²) < 4.78 is 10.8. The van der Waals surface area contributed by atoms with Gasteiger partial charge in [-0.2, -0.15) is 4.37 Å². The Morgan fingerprint density at radius 1 is 1.60 bits per heavy atom. The fourth-order valence-electron chi connectivity index (χ4n) is 2.64. The summed E-state index contributed by atoms with van der Waals surface area (Å²) in [4.78, 5) is 13.7. The Morgan fingerprint density at radius 2 is 2.45 bits per heavy atom. The van der Waals surface area contributed by atoms with Gasteiger partial charge in [0, 0.05) is 30.8 Å². The highest BCUT2D eigenvalue weighted by Gasteiger charge is 2.23. The number of amides is 1. The van der Waals surface area contributed by atoms with Gasteiger partial charge in [0.25, 0.3) is 5.91 Å². The number of rotatable bonds is 4. The van der Waals surface area contributed by atoms with E-state index in [1.54, 1.807) is 0 Å². The van der Waals surface area contributed by atoms with Gasteiger partial charge in [-0.1, -0.05) is 0 Å². The molecule has 20 heavy (non-hydrogen) atoms. The van der Waals surface area contributed by atoms with Gasteiger partial charge in [-0.15, -0.1) is 0 Å². The van der Waals surface area contributed by atoms with Crippen molar-refractivity contribution in [3.63, 3.8) is 0 Å². The van der Waals surface area contributed by atoms with Crippen LogP contribution in [-0.2, 0) is 4.74 Å². The van der Waals surface area contributed by atoms with E-state index in [1.165, 1.54) is 11.5 Å². The molecule has 1 atom stereocenters. The molecule has 1 aliphatic heterocycles. The van der Waals surface area contributed by atoms with Crippen molar-refractivity contribution >= 4 is 33.2 Å². The van der Waals surface area contributed by atoms with Crippen LogP contribution in [-0.4, -0.2) is 36.1 Å². The quantitative estimate of drug-likeness (QED) is 0.935. The number of carbonyl (C=O) groups excluding carboxylic acids is 1. The molecule has 1 aromatic carbocycles. The Bertz CT molecular complexity index is 640. The first-order valence-electron chi connectivity index (χ1n) is 6.75. The number of hydrogen-bond acceptors (Lipinski definition) is 5. The lowest BCUT2D eigenvalue weighted by atomic mass is 10.2. The molecular weight excluding hydrogens is 274 g/mol. The molecule has 0 saturated carbocycles. The molecule has 106 valence electrons. The van der Waals surface area contributed by atoms with Crippen molar-refractivity contribution in [2.24, 2.45) is 5.73 Å². The van der Waals surface area contributed by atoms with Crippen molar-refractivity contribution in [2.75, 3.05) is 24.6 Å². The van der Waals surface area contributed by atoms with Crippen LogP contribution in [0.2, 0.25) is 0 Å². The van der Waals surface area contributed by atoms with Gasteiger partial charge in [0.2, 0.25) is 0 Å². The average molecular weight is 291 g/mol. The van der Waals surface area contributed by atoms with E-state index in [1.807, 2.05) is 19.1 Å². The van der Waals surface area contributed by atoms with Crippen LogP contribution in [0, 0.1) is 0 Å². The van der Waals surface area contributed by atoms with E-state index in [-0.39, 0.29) is 0 Å². The third-order valence-electron chi connectivity index (χ3n) is 3.60. The summed E-state index contributed by atoms with van der Waals surface area (Å²) in [5, 5.41) is 0.847. The molecule has 5 nitrogen and oxygen atoms in total. The molecule has 1 amide bonds. The SMILES string of the molecule is CCOC1CCN(c2ccc3snc(C(N)=O)c3c2)C1. The molecular formula is C14H17N3O2S. The molecule has 2 N–H and O–H groups in total. The summed E-state index contributed by atoms with van der Waals surface area (Å²) in [6.07, 6.45) is 1.34. The molecule has 1 unspecified atom stereocenters. The summed E-state index contributed by atoms with van der Waals surface area (Å²) in [5.74, 6) is -0.470. The Labute approximate surface area is 121 Å². The number of fused-ring (bicyclic) bond motifs is 1. The molecule has 1 aromatic heterocycles. The molecule has 6 heteroatoms. The molecule has 1 aliphatic rings. The van der Waals surface area contributed by atoms with E-state index in [4.69, 9.17) is 10.5 Å². The lowest BCUT2D eigenvalue weighted by Crippen LogP contribution is -2.22. The highest BCUT2D eigenvalue weighted by Crippen LogP contribution is 2.29. The molecule has 2 heterocycles. The third-order valence-corrected chi connectivity index (χ3v) is 4.43. The smallest absolute Gasteiger partial charge is 0.269 e. The lowest BCUT2D eigenvalue weighted by Gasteiger charge is -2.18. The van der Waals surface area contributed by atoms with Crippen molar-refractivity contribution in [2.45, 2.75) is 19.4 Å². The Balaban J connectivity index is 1.89. The van der Waals surface area contributed by atoms with Crippen LogP contribution in [0.25, 0.3) is 10.1 Å². The minimum absolute atomic E-state index is 0.298. The molecule has 3 rings (SSSR count). The number of aromatic nitrogens is 1. The topological polar surface area (TPSA) is 68.4 Å². The van der Waals surface area contributed by atoms with Crippen LogP contribution in [0.5, 0.6) is 0 Å². The summed E-state index contributed by atoms with van der Waals surface area (Å²) in [5.41, 5.74) is 6.83. The number of primary amides is 1. The van der Waals surface area contributed by atoms with Crippen molar-refractivity contribution in [3.05, 3.63) is 23.9 Å². The second kappa shape index (κ2) is 5.38. The van der Waals surface area contributed by atoms with Gasteiger partial charge < -0.3 is 15.4 Å². The van der Waals surface area contributed by atoms with Crippen molar-refractivity contribution < 1.29 is 9.53 Å². The Morgan fingerprint density at radius 3 is 3.20 bits per heavy atom. The van der Waals surface area contributed by atoms with Gasteiger partial charge in [0.1, 0.15) is 5.69 Å². The number of carbonyl (C=O) groups is 1. The highest BCUT2D eigenvalue weighted by atomic mass is 32.1. The van der Waals surface area contributed by atoms with E-state index in [9.17, 15) is 4.79 Å². The summed E-state index contributed by atoms with van der Waals surface area (Å²) >= 11 is 1.31. The first-order valence-corrected chi connectivity index (χ1v) is 7.52.